The summed E-state index contributed by atoms with van der Waals surface area (Å²) in [5.74, 6) is 0.160. The van der Waals surface area contributed by atoms with Gasteiger partial charge in [0.15, 0.2) is 0 Å². The second kappa shape index (κ2) is 7.15. The van der Waals surface area contributed by atoms with Crippen molar-refractivity contribution in [1.29, 1.82) is 0 Å². The molecule has 0 aliphatic carbocycles. The maximum Gasteiger partial charge on any atom is 0.387 e. The van der Waals surface area contributed by atoms with Gasteiger partial charge < -0.3 is 15.2 Å². The van der Waals surface area contributed by atoms with Gasteiger partial charge in [-0.1, -0.05) is 12.1 Å². The zero-order chi connectivity index (χ0) is 15.4. The average molecular weight is 300 g/mol. The summed E-state index contributed by atoms with van der Waals surface area (Å²) in [6, 6.07) is 7.01. The predicted molar refractivity (Wildman–Crippen MR) is 76.5 cm³/mol. The van der Waals surface area contributed by atoms with E-state index in [1.165, 1.54) is 0 Å². The van der Waals surface area contributed by atoms with Crippen LogP contribution in [0.2, 0.25) is 0 Å². The molecule has 1 aromatic rings. The van der Waals surface area contributed by atoms with Crippen LogP contribution in [0.3, 0.4) is 0 Å². The van der Waals surface area contributed by atoms with Crippen molar-refractivity contribution in [3.63, 3.8) is 0 Å². The number of benzene rings is 1. The number of ether oxygens (including phenoxy) is 2. The summed E-state index contributed by atoms with van der Waals surface area (Å²) in [5.41, 5.74) is 6.93. The van der Waals surface area contributed by atoms with Gasteiger partial charge in [0.25, 0.3) is 0 Å². The summed E-state index contributed by atoms with van der Waals surface area (Å²) in [5, 5.41) is 0. The van der Waals surface area contributed by atoms with E-state index in [1.54, 1.807) is 24.3 Å². The van der Waals surface area contributed by atoms with E-state index < -0.39 is 6.61 Å². The lowest BCUT2D eigenvalue weighted by atomic mass is 10.0. The Kier molecular flexibility index (Phi) is 5.50. The number of hydrogen-bond acceptors (Lipinski definition) is 4. The fraction of sp³-hybridized carbons (Fsp3) is 0.600. The van der Waals surface area contributed by atoms with Gasteiger partial charge in [-0.3, -0.25) is 4.90 Å². The normalized spacial score (nSPS) is 25.0. The molecular weight excluding hydrogens is 278 g/mol. The Bertz CT molecular complexity index is 442. The highest BCUT2D eigenvalue weighted by molar-refractivity contribution is 5.29. The first-order valence-corrected chi connectivity index (χ1v) is 7.13. The lowest BCUT2D eigenvalue weighted by molar-refractivity contribution is -0.0654. The van der Waals surface area contributed by atoms with E-state index in [0.717, 1.165) is 12.1 Å². The Labute approximate surface area is 123 Å². The first-order chi connectivity index (χ1) is 10.0. The van der Waals surface area contributed by atoms with Gasteiger partial charge in [-0.15, -0.1) is 0 Å². The molecule has 0 spiro atoms. The molecule has 1 saturated heterocycles. The second-order valence-electron chi connectivity index (χ2n) is 5.39. The number of alkyl halides is 2. The van der Waals surface area contributed by atoms with Gasteiger partial charge >= 0.3 is 6.61 Å². The summed E-state index contributed by atoms with van der Waals surface area (Å²) in [7, 11) is 0. The van der Waals surface area contributed by atoms with Gasteiger partial charge in [-0.2, -0.15) is 8.78 Å². The fourth-order valence-electron chi connectivity index (χ4n) is 2.70. The Morgan fingerprint density at radius 3 is 2.57 bits per heavy atom. The minimum absolute atomic E-state index is 0.0481. The van der Waals surface area contributed by atoms with E-state index in [-0.39, 0.29) is 23.9 Å². The molecule has 0 bridgehead atoms. The highest BCUT2D eigenvalue weighted by Gasteiger charge is 2.29. The van der Waals surface area contributed by atoms with Crippen molar-refractivity contribution < 1.29 is 18.3 Å². The molecule has 0 aromatic heterocycles. The van der Waals surface area contributed by atoms with Crippen LogP contribution < -0.4 is 10.5 Å². The number of hydrogen-bond donors (Lipinski definition) is 1. The van der Waals surface area contributed by atoms with Crippen molar-refractivity contribution in [2.24, 2.45) is 5.73 Å². The van der Waals surface area contributed by atoms with E-state index in [4.69, 9.17) is 10.5 Å². The second-order valence-corrected chi connectivity index (χ2v) is 5.39. The molecule has 1 heterocycles. The van der Waals surface area contributed by atoms with Crippen molar-refractivity contribution in [3.8, 4) is 5.75 Å². The quantitative estimate of drug-likeness (QED) is 0.907. The van der Waals surface area contributed by atoms with Crippen molar-refractivity contribution in [2.45, 2.75) is 38.6 Å². The summed E-state index contributed by atoms with van der Waals surface area (Å²) >= 11 is 0. The Morgan fingerprint density at radius 2 is 2.00 bits per heavy atom. The number of rotatable bonds is 5. The van der Waals surface area contributed by atoms with Gasteiger partial charge in [0.1, 0.15) is 5.75 Å². The number of nitrogens with two attached hydrogens (primary N) is 1. The van der Waals surface area contributed by atoms with Crippen LogP contribution in [0.5, 0.6) is 5.75 Å². The zero-order valence-electron chi connectivity index (χ0n) is 12.3. The lowest BCUT2D eigenvalue weighted by Gasteiger charge is -2.41. The van der Waals surface area contributed by atoms with Crippen LogP contribution >= 0.6 is 0 Å². The van der Waals surface area contributed by atoms with Crippen LogP contribution in [-0.4, -0.2) is 43.4 Å². The molecule has 21 heavy (non-hydrogen) atoms. The first-order valence-electron chi connectivity index (χ1n) is 7.13. The highest BCUT2D eigenvalue weighted by Crippen LogP contribution is 2.27. The Morgan fingerprint density at radius 1 is 1.33 bits per heavy atom. The van der Waals surface area contributed by atoms with Gasteiger partial charge in [0.05, 0.1) is 12.7 Å². The van der Waals surface area contributed by atoms with E-state index in [0.29, 0.717) is 13.2 Å². The third-order valence-corrected chi connectivity index (χ3v) is 3.77. The molecule has 0 radical (unpaired) electrons. The molecule has 1 aromatic carbocycles. The number of morpholine rings is 1. The molecular formula is C15H22F2N2O2. The van der Waals surface area contributed by atoms with Gasteiger partial charge in [-0.05, 0) is 31.5 Å². The smallest absolute Gasteiger partial charge is 0.387 e. The molecule has 0 amide bonds. The minimum Gasteiger partial charge on any atom is -0.435 e. The van der Waals surface area contributed by atoms with Crippen molar-refractivity contribution in [1.82, 2.24) is 4.90 Å². The molecule has 0 saturated carbocycles. The molecule has 2 N–H and O–H groups in total. The minimum atomic E-state index is -2.80. The summed E-state index contributed by atoms with van der Waals surface area (Å²) in [4.78, 5) is 2.30. The van der Waals surface area contributed by atoms with Crippen molar-refractivity contribution >= 4 is 0 Å². The highest BCUT2D eigenvalue weighted by atomic mass is 19.3. The maximum absolute atomic E-state index is 12.2. The molecule has 1 aliphatic heterocycles. The van der Waals surface area contributed by atoms with Crippen LogP contribution in [-0.2, 0) is 4.74 Å². The zero-order valence-corrected chi connectivity index (χ0v) is 12.3. The molecule has 3 unspecified atom stereocenters. The topological polar surface area (TPSA) is 47.7 Å². The molecule has 1 aliphatic rings. The monoisotopic (exact) mass is 300 g/mol. The number of halogens is 2. The van der Waals surface area contributed by atoms with Crippen LogP contribution in [0, 0.1) is 0 Å². The van der Waals surface area contributed by atoms with E-state index >= 15 is 0 Å². The predicted octanol–water partition coefficient (Wildman–Crippen LogP) is 2.40. The van der Waals surface area contributed by atoms with Crippen molar-refractivity contribution in [2.75, 3.05) is 19.7 Å². The average Bonchev–Trinajstić information content (AvgIpc) is 2.44. The van der Waals surface area contributed by atoms with Crippen molar-refractivity contribution in [3.05, 3.63) is 29.8 Å². The van der Waals surface area contributed by atoms with E-state index in [2.05, 4.69) is 16.6 Å². The molecule has 2 rings (SSSR count). The number of nitrogens with zero attached hydrogens (tertiary/aromatic N) is 1. The van der Waals surface area contributed by atoms with Gasteiger partial charge in [-0.25, -0.2) is 0 Å². The summed E-state index contributed by atoms with van der Waals surface area (Å²) in [6.07, 6.45) is 0.164. The SMILES string of the molecule is CC1CN(C(CN)c2ccc(OC(F)F)cc2)C(C)CO1. The fourth-order valence-corrected chi connectivity index (χ4v) is 2.70. The van der Waals surface area contributed by atoms with E-state index in [1.807, 2.05) is 6.92 Å². The van der Waals surface area contributed by atoms with Crippen LogP contribution in [0.15, 0.2) is 24.3 Å². The molecule has 4 nitrogen and oxygen atoms in total. The summed E-state index contributed by atoms with van der Waals surface area (Å²) in [6.45, 7) is 3.27. The third-order valence-electron chi connectivity index (χ3n) is 3.77. The third kappa shape index (κ3) is 4.12. The largest absolute Gasteiger partial charge is 0.435 e. The first kappa shape index (κ1) is 16.1. The Balaban J connectivity index is 2.12. The maximum atomic E-state index is 12.2. The molecule has 118 valence electrons. The van der Waals surface area contributed by atoms with Crippen LogP contribution in [0.25, 0.3) is 0 Å². The van der Waals surface area contributed by atoms with Crippen LogP contribution in [0.1, 0.15) is 25.5 Å². The molecule has 3 atom stereocenters. The van der Waals surface area contributed by atoms with E-state index in [9.17, 15) is 8.78 Å². The lowest BCUT2D eigenvalue weighted by Crippen LogP contribution is -2.50. The van der Waals surface area contributed by atoms with Gasteiger partial charge in [0, 0.05) is 25.2 Å². The standard InChI is InChI=1S/C15H22F2N2O2/c1-10-9-20-11(2)8-19(10)14(7-18)12-3-5-13(6-4-12)21-15(16)17/h3-6,10-11,14-15H,7-9,18H2,1-2H3. The van der Waals surface area contributed by atoms with Crippen LogP contribution in [0.4, 0.5) is 8.78 Å². The van der Waals surface area contributed by atoms with Gasteiger partial charge in [0.2, 0.25) is 0 Å². The summed E-state index contributed by atoms with van der Waals surface area (Å²) < 4.78 is 34.3. The Hall–Kier alpha value is -1.24. The molecule has 1 fully saturated rings. The molecule has 6 heteroatoms.